The van der Waals surface area contributed by atoms with Gasteiger partial charge in [-0.05, 0) is 18.4 Å². The lowest BCUT2D eigenvalue weighted by Gasteiger charge is -2.51. The summed E-state index contributed by atoms with van der Waals surface area (Å²) < 4.78 is 7.38. The Morgan fingerprint density at radius 2 is 1.93 bits per heavy atom. The molecule has 0 amide bonds. The van der Waals surface area contributed by atoms with Gasteiger partial charge in [-0.25, -0.2) is 9.50 Å². The molecule has 7 nitrogen and oxygen atoms in total. The van der Waals surface area contributed by atoms with Crippen molar-refractivity contribution in [3.63, 3.8) is 0 Å². The monoisotopic (exact) mass is 375 g/mol. The van der Waals surface area contributed by atoms with Crippen LogP contribution in [0, 0.1) is 11.3 Å². The van der Waals surface area contributed by atoms with Crippen LogP contribution in [-0.4, -0.2) is 49.9 Å². The largest absolute Gasteiger partial charge is 0.385 e. The summed E-state index contributed by atoms with van der Waals surface area (Å²) >= 11 is 0. The van der Waals surface area contributed by atoms with E-state index in [-0.39, 0.29) is 12.1 Å². The first-order valence-electron chi connectivity index (χ1n) is 9.50. The number of nitrogens with zero attached hydrogens (tertiary/aromatic N) is 5. The van der Waals surface area contributed by atoms with Crippen molar-refractivity contribution in [2.45, 2.75) is 37.1 Å². The molecule has 2 unspecified atom stereocenters. The van der Waals surface area contributed by atoms with Crippen LogP contribution < -0.4 is 0 Å². The highest BCUT2D eigenvalue weighted by Gasteiger charge is 2.47. The Labute approximate surface area is 162 Å². The summed E-state index contributed by atoms with van der Waals surface area (Å²) in [6.45, 7) is 2.08. The average Bonchev–Trinajstić information content (AvgIpc) is 3.12. The number of benzene rings is 1. The average molecular weight is 375 g/mol. The molecular formula is C21H21N5O2. The molecule has 2 atom stereocenters. The second-order valence-electron chi connectivity index (χ2n) is 7.72. The number of fused-ring (bicyclic) bond motifs is 3. The van der Waals surface area contributed by atoms with Crippen LogP contribution in [0.25, 0.3) is 5.65 Å². The molecule has 4 heterocycles. The molecule has 142 valence electrons. The minimum absolute atomic E-state index is 0.140. The highest BCUT2D eigenvalue weighted by Crippen LogP contribution is 2.41. The Bertz CT molecular complexity index is 1030. The molecule has 1 aromatic carbocycles. The van der Waals surface area contributed by atoms with Gasteiger partial charge in [0.1, 0.15) is 11.6 Å². The van der Waals surface area contributed by atoms with Crippen molar-refractivity contribution in [3.05, 3.63) is 65.6 Å². The third-order valence-electron chi connectivity index (χ3n) is 5.93. The van der Waals surface area contributed by atoms with E-state index < -0.39 is 5.60 Å². The predicted molar refractivity (Wildman–Crippen MR) is 101 cm³/mol. The maximum Gasteiger partial charge on any atom is 0.172 e. The van der Waals surface area contributed by atoms with Crippen LogP contribution in [0.15, 0.2) is 48.9 Å². The number of nitriles is 1. The zero-order valence-electron chi connectivity index (χ0n) is 15.4. The summed E-state index contributed by atoms with van der Waals surface area (Å²) in [6.07, 6.45) is 6.14. The van der Waals surface area contributed by atoms with Gasteiger partial charge in [-0.2, -0.15) is 10.4 Å². The lowest BCUT2D eigenvalue weighted by molar-refractivity contribution is -0.149. The van der Waals surface area contributed by atoms with Gasteiger partial charge < -0.3 is 9.84 Å². The number of hydrogen-bond acceptors (Lipinski definition) is 6. The van der Waals surface area contributed by atoms with Gasteiger partial charge >= 0.3 is 0 Å². The van der Waals surface area contributed by atoms with Gasteiger partial charge in [0.05, 0.1) is 25.0 Å². The second-order valence-corrected chi connectivity index (χ2v) is 7.72. The standard InChI is InChI=1S/C21H21N5O2/c22-8-16-9-24-26-12-17(10-23-20(16)26)21(27)6-18-13-28-14-19(7-21)25(18)11-15-4-2-1-3-5-15/h1-5,9-10,12,18-19,27H,6-7,11,13-14H2. The van der Waals surface area contributed by atoms with Gasteiger partial charge in [0, 0.05) is 36.6 Å². The summed E-state index contributed by atoms with van der Waals surface area (Å²) in [4.78, 5) is 6.85. The maximum absolute atomic E-state index is 11.5. The van der Waals surface area contributed by atoms with Gasteiger partial charge in [0.2, 0.25) is 0 Å². The topological polar surface area (TPSA) is 86.7 Å². The minimum Gasteiger partial charge on any atom is -0.385 e. The summed E-state index contributed by atoms with van der Waals surface area (Å²) in [6, 6.07) is 12.8. The highest BCUT2D eigenvalue weighted by molar-refractivity contribution is 5.53. The zero-order chi connectivity index (χ0) is 19.1. The Morgan fingerprint density at radius 3 is 2.64 bits per heavy atom. The Morgan fingerprint density at radius 1 is 1.18 bits per heavy atom. The number of aliphatic hydroxyl groups is 1. The molecule has 0 saturated carbocycles. The van der Waals surface area contributed by atoms with E-state index in [4.69, 9.17) is 10.00 Å². The summed E-state index contributed by atoms with van der Waals surface area (Å²) in [7, 11) is 0. The quantitative estimate of drug-likeness (QED) is 0.752. The second kappa shape index (κ2) is 6.67. The fourth-order valence-corrected chi connectivity index (χ4v) is 4.53. The van der Waals surface area contributed by atoms with Crippen molar-refractivity contribution in [1.29, 1.82) is 5.26 Å². The van der Waals surface area contributed by atoms with E-state index in [1.807, 2.05) is 6.07 Å². The van der Waals surface area contributed by atoms with E-state index in [0.717, 1.165) is 12.1 Å². The molecule has 3 aromatic rings. The summed E-state index contributed by atoms with van der Waals surface area (Å²) in [5, 5.41) is 24.9. The number of piperidine rings is 1. The Kier molecular flexibility index (Phi) is 4.13. The van der Waals surface area contributed by atoms with Crippen molar-refractivity contribution in [2.24, 2.45) is 0 Å². The molecule has 7 heteroatoms. The Hall–Kier alpha value is -2.79. The van der Waals surface area contributed by atoms with Crippen LogP contribution in [0.2, 0.25) is 0 Å². The fourth-order valence-electron chi connectivity index (χ4n) is 4.53. The van der Waals surface area contributed by atoms with Gasteiger partial charge in [-0.15, -0.1) is 0 Å². The third-order valence-corrected chi connectivity index (χ3v) is 5.93. The van der Waals surface area contributed by atoms with Crippen LogP contribution in [-0.2, 0) is 16.9 Å². The fraction of sp³-hybridized carbons (Fsp3) is 0.381. The molecule has 1 N–H and O–H groups in total. The van der Waals surface area contributed by atoms with E-state index in [1.54, 1.807) is 16.9 Å². The van der Waals surface area contributed by atoms with Crippen molar-refractivity contribution >= 4 is 5.65 Å². The first-order chi connectivity index (χ1) is 13.7. The molecule has 0 spiro atoms. The number of hydrogen-bond donors (Lipinski definition) is 1. The lowest BCUT2D eigenvalue weighted by Crippen LogP contribution is -2.60. The predicted octanol–water partition coefficient (Wildman–Crippen LogP) is 1.85. The van der Waals surface area contributed by atoms with Crippen molar-refractivity contribution in [3.8, 4) is 6.07 Å². The maximum atomic E-state index is 11.5. The van der Waals surface area contributed by atoms with Crippen LogP contribution in [0.4, 0.5) is 0 Å². The molecule has 0 radical (unpaired) electrons. The number of rotatable bonds is 3. The van der Waals surface area contributed by atoms with Crippen molar-refractivity contribution in [1.82, 2.24) is 19.5 Å². The molecule has 2 bridgehead atoms. The third kappa shape index (κ3) is 2.87. The summed E-state index contributed by atoms with van der Waals surface area (Å²) in [5.74, 6) is 0. The SMILES string of the molecule is N#Cc1cnn2cc(C3(O)CC4COCC(C3)N4Cc3ccccc3)cnc12. The molecule has 2 fully saturated rings. The van der Waals surface area contributed by atoms with E-state index in [1.165, 1.54) is 11.8 Å². The Balaban J connectivity index is 1.44. The summed E-state index contributed by atoms with van der Waals surface area (Å²) in [5.41, 5.74) is 1.98. The number of aromatic nitrogens is 3. The number of morpholine rings is 1. The van der Waals surface area contributed by atoms with Gasteiger partial charge in [0.15, 0.2) is 5.65 Å². The van der Waals surface area contributed by atoms with E-state index in [9.17, 15) is 5.11 Å². The molecule has 28 heavy (non-hydrogen) atoms. The normalized spacial score (nSPS) is 27.6. The zero-order valence-corrected chi connectivity index (χ0v) is 15.4. The highest BCUT2D eigenvalue weighted by atomic mass is 16.5. The van der Waals surface area contributed by atoms with E-state index >= 15 is 0 Å². The molecule has 2 saturated heterocycles. The molecule has 0 aliphatic carbocycles. The van der Waals surface area contributed by atoms with Crippen LogP contribution in [0.5, 0.6) is 0 Å². The van der Waals surface area contributed by atoms with Gasteiger partial charge in [-0.3, -0.25) is 4.90 Å². The van der Waals surface area contributed by atoms with Gasteiger partial charge in [0.25, 0.3) is 0 Å². The van der Waals surface area contributed by atoms with Gasteiger partial charge in [-0.1, -0.05) is 30.3 Å². The molecule has 2 aliphatic rings. The first-order valence-corrected chi connectivity index (χ1v) is 9.50. The minimum atomic E-state index is -0.980. The van der Waals surface area contributed by atoms with Crippen LogP contribution in [0.1, 0.15) is 29.5 Å². The molecule has 2 aromatic heterocycles. The van der Waals surface area contributed by atoms with Crippen LogP contribution in [0.3, 0.4) is 0 Å². The first kappa shape index (κ1) is 17.3. The molecule has 2 aliphatic heterocycles. The molecule has 5 rings (SSSR count). The van der Waals surface area contributed by atoms with E-state index in [0.29, 0.717) is 37.3 Å². The lowest BCUT2D eigenvalue weighted by atomic mass is 9.77. The van der Waals surface area contributed by atoms with Crippen molar-refractivity contribution in [2.75, 3.05) is 13.2 Å². The molecular weight excluding hydrogens is 354 g/mol. The van der Waals surface area contributed by atoms with Crippen molar-refractivity contribution < 1.29 is 9.84 Å². The number of ether oxygens (including phenoxy) is 1. The van der Waals surface area contributed by atoms with E-state index in [2.05, 4.69) is 45.3 Å². The smallest absolute Gasteiger partial charge is 0.172 e. The van der Waals surface area contributed by atoms with Crippen LogP contribution >= 0.6 is 0 Å².